The summed E-state index contributed by atoms with van der Waals surface area (Å²) in [5.74, 6) is 1.83. The van der Waals surface area contributed by atoms with Crippen LogP contribution >= 0.6 is 0 Å². The molecule has 0 atom stereocenters. The number of likely N-dealkylation sites (tertiary alicyclic amines) is 1. The number of unbranched alkanes of at least 4 members (excludes halogenated alkanes) is 10. The van der Waals surface area contributed by atoms with Gasteiger partial charge in [0.05, 0.1) is 6.61 Å². The smallest absolute Gasteiger partial charge is 0.412 e. The summed E-state index contributed by atoms with van der Waals surface area (Å²) in [6, 6.07) is 16.3. The molecule has 2 aromatic rings. The fourth-order valence-corrected chi connectivity index (χ4v) is 5.16. The van der Waals surface area contributed by atoms with E-state index < -0.39 is 6.09 Å². The molecular weight excluding hydrogens is 586 g/mol. The third kappa shape index (κ3) is 15.9. The Hall–Kier alpha value is -3.95. The molecule has 1 fully saturated rings. The Bertz CT molecular complexity index is 1120. The van der Waals surface area contributed by atoms with Gasteiger partial charge in [-0.25, -0.2) is 14.4 Å². The monoisotopic (exact) mass is 639 g/mol. The third-order valence-electron chi connectivity index (χ3n) is 7.85. The largest absolute Gasteiger partial charge is 0.457 e. The first kappa shape index (κ1) is 36.5. The minimum atomic E-state index is -0.501. The molecule has 1 aliphatic heterocycles. The molecule has 0 saturated carbocycles. The number of benzene rings is 2. The van der Waals surface area contributed by atoms with Crippen molar-refractivity contribution in [1.29, 1.82) is 0 Å². The molecule has 10 nitrogen and oxygen atoms in total. The van der Waals surface area contributed by atoms with Gasteiger partial charge in [-0.15, -0.1) is 0 Å². The van der Waals surface area contributed by atoms with Crippen LogP contribution in [0.4, 0.5) is 14.4 Å². The minimum absolute atomic E-state index is 0.173. The Morgan fingerprint density at radius 1 is 0.674 bits per heavy atom. The number of carbonyl (C=O) groups is 3. The first-order valence-electron chi connectivity index (χ1n) is 17.2. The summed E-state index contributed by atoms with van der Waals surface area (Å²) in [5.41, 5.74) is 0. The second kappa shape index (κ2) is 22.5. The number of piperidine rings is 1. The first-order valence-corrected chi connectivity index (χ1v) is 17.2. The van der Waals surface area contributed by atoms with Crippen LogP contribution in [0.15, 0.2) is 54.6 Å². The van der Waals surface area contributed by atoms with Gasteiger partial charge >= 0.3 is 18.3 Å². The van der Waals surface area contributed by atoms with Gasteiger partial charge in [0.2, 0.25) is 0 Å². The van der Waals surface area contributed by atoms with E-state index in [4.69, 9.17) is 18.9 Å². The molecule has 46 heavy (non-hydrogen) atoms. The van der Waals surface area contributed by atoms with Crippen LogP contribution < -0.4 is 20.1 Å². The second-order valence-electron chi connectivity index (χ2n) is 11.7. The highest BCUT2D eigenvalue weighted by Crippen LogP contribution is 2.23. The van der Waals surface area contributed by atoms with Crippen LogP contribution in [0.2, 0.25) is 0 Å². The van der Waals surface area contributed by atoms with Crippen LogP contribution in [0.5, 0.6) is 17.2 Å². The van der Waals surface area contributed by atoms with E-state index >= 15 is 0 Å². The summed E-state index contributed by atoms with van der Waals surface area (Å²) in [6.07, 6.45) is 13.0. The zero-order valence-corrected chi connectivity index (χ0v) is 27.5. The number of rotatable bonds is 20. The molecule has 0 bridgehead atoms. The lowest BCUT2D eigenvalue weighted by Gasteiger charge is -2.31. The highest BCUT2D eigenvalue weighted by atomic mass is 16.6. The standard InChI is InChI=1S/C36H53N3O7/c1-2-3-4-5-6-7-8-14-25-38-35(41)46-33-23-27-39(28-24-33)36(42)43-29-16-10-9-15-26-37-34(40)45-32-21-19-31(20-22-32)44-30-17-12-11-13-18-30/h11-13,17-22,33H,2-10,14-16,23-29H2,1H3,(H,37,40)(H,38,41). The van der Waals surface area contributed by atoms with Crippen LogP contribution in [-0.2, 0) is 9.47 Å². The first-order chi connectivity index (χ1) is 22.5. The minimum Gasteiger partial charge on any atom is -0.457 e. The molecule has 254 valence electrons. The lowest BCUT2D eigenvalue weighted by Crippen LogP contribution is -2.42. The molecule has 1 aliphatic rings. The van der Waals surface area contributed by atoms with Gasteiger partial charge in [0.15, 0.2) is 0 Å². The van der Waals surface area contributed by atoms with Gasteiger partial charge in [0, 0.05) is 39.0 Å². The summed E-state index contributed by atoms with van der Waals surface area (Å²) in [5, 5.41) is 5.61. The van der Waals surface area contributed by atoms with Crippen molar-refractivity contribution in [3.8, 4) is 17.2 Å². The van der Waals surface area contributed by atoms with E-state index in [-0.39, 0.29) is 18.3 Å². The Morgan fingerprint density at radius 3 is 1.87 bits per heavy atom. The quantitative estimate of drug-likeness (QED) is 0.139. The van der Waals surface area contributed by atoms with Crippen molar-refractivity contribution in [3.05, 3.63) is 54.6 Å². The van der Waals surface area contributed by atoms with Crippen molar-refractivity contribution in [2.45, 2.75) is 103 Å². The second-order valence-corrected chi connectivity index (χ2v) is 11.7. The topological polar surface area (TPSA) is 115 Å². The van der Waals surface area contributed by atoms with Crippen molar-refractivity contribution in [2.24, 2.45) is 0 Å². The molecule has 0 unspecified atom stereocenters. The Kier molecular flexibility index (Phi) is 17.9. The fraction of sp³-hybridized carbons (Fsp3) is 0.583. The van der Waals surface area contributed by atoms with Crippen LogP contribution in [0.3, 0.4) is 0 Å². The van der Waals surface area contributed by atoms with E-state index in [0.717, 1.165) is 44.3 Å². The number of amides is 3. The molecular formula is C36H53N3O7. The average Bonchev–Trinajstić information content (AvgIpc) is 3.07. The van der Waals surface area contributed by atoms with E-state index in [1.54, 1.807) is 29.2 Å². The Labute approximate surface area is 274 Å². The van der Waals surface area contributed by atoms with Gasteiger partial charge in [0.25, 0.3) is 0 Å². The number of nitrogens with zero attached hydrogens (tertiary/aromatic N) is 1. The fourth-order valence-electron chi connectivity index (χ4n) is 5.16. The maximum Gasteiger partial charge on any atom is 0.412 e. The average molecular weight is 640 g/mol. The van der Waals surface area contributed by atoms with E-state index in [1.807, 2.05) is 30.3 Å². The van der Waals surface area contributed by atoms with Crippen molar-refractivity contribution >= 4 is 18.3 Å². The molecule has 10 heteroatoms. The van der Waals surface area contributed by atoms with Gasteiger partial charge in [-0.2, -0.15) is 0 Å². The number of hydrogen-bond donors (Lipinski definition) is 2. The van der Waals surface area contributed by atoms with Crippen LogP contribution in [0.25, 0.3) is 0 Å². The van der Waals surface area contributed by atoms with E-state index in [2.05, 4.69) is 17.6 Å². The van der Waals surface area contributed by atoms with Crippen LogP contribution in [0.1, 0.15) is 96.8 Å². The van der Waals surface area contributed by atoms with Crippen LogP contribution in [-0.4, -0.2) is 62.1 Å². The van der Waals surface area contributed by atoms with Crippen molar-refractivity contribution in [2.75, 3.05) is 32.8 Å². The number of carbonyl (C=O) groups excluding carboxylic acids is 3. The number of alkyl carbamates (subject to hydrolysis) is 1. The predicted octanol–water partition coefficient (Wildman–Crippen LogP) is 8.60. The number of para-hydroxylation sites is 1. The van der Waals surface area contributed by atoms with E-state index in [0.29, 0.717) is 57.1 Å². The maximum atomic E-state index is 12.4. The van der Waals surface area contributed by atoms with Crippen molar-refractivity contribution in [3.63, 3.8) is 0 Å². The number of hydrogen-bond acceptors (Lipinski definition) is 7. The van der Waals surface area contributed by atoms with Crippen LogP contribution in [0, 0.1) is 0 Å². The van der Waals surface area contributed by atoms with Gasteiger partial charge in [-0.05, 0) is 62.1 Å². The number of ether oxygens (including phenoxy) is 4. The molecule has 2 N–H and O–H groups in total. The van der Waals surface area contributed by atoms with Crippen molar-refractivity contribution in [1.82, 2.24) is 15.5 Å². The Morgan fingerprint density at radius 2 is 1.22 bits per heavy atom. The highest BCUT2D eigenvalue weighted by Gasteiger charge is 2.26. The molecule has 3 rings (SSSR count). The molecule has 1 heterocycles. The van der Waals surface area contributed by atoms with E-state index in [1.165, 1.54) is 38.5 Å². The molecule has 2 aromatic carbocycles. The zero-order chi connectivity index (χ0) is 32.7. The lowest BCUT2D eigenvalue weighted by atomic mass is 10.1. The molecule has 0 spiro atoms. The van der Waals surface area contributed by atoms with Crippen molar-refractivity contribution < 1.29 is 33.3 Å². The molecule has 0 aliphatic carbocycles. The highest BCUT2D eigenvalue weighted by molar-refractivity contribution is 5.70. The van der Waals surface area contributed by atoms with Gasteiger partial charge in [-0.3, -0.25) is 0 Å². The van der Waals surface area contributed by atoms with Gasteiger partial charge < -0.3 is 34.5 Å². The van der Waals surface area contributed by atoms with Gasteiger partial charge in [-0.1, -0.05) is 76.5 Å². The molecule has 0 radical (unpaired) electrons. The summed E-state index contributed by atoms with van der Waals surface area (Å²) in [7, 11) is 0. The molecule has 1 saturated heterocycles. The zero-order valence-electron chi connectivity index (χ0n) is 27.5. The lowest BCUT2D eigenvalue weighted by molar-refractivity contribution is 0.0417. The summed E-state index contributed by atoms with van der Waals surface area (Å²) < 4.78 is 22.0. The van der Waals surface area contributed by atoms with Gasteiger partial charge in [0.1, 0.15) is 23.4 Å². The Balaban J connectivity index is 1.12. The SMILES string of the molecule is CCCCCCCCCCNC(=O)OC1CCN(C(=O)OCCCCCCNC(=O)Oc2ccc(Oc3ccccc3)cc2)CC1. The summed E-state index contributed by atoms with van der Waals surface area (Å²) in [6.45, 7) is 4.76. The number of nitrogens with one attached hydrogen (secondary N) is 2. The van der Waals surface area contributed by atoms with E-state index in [9.17, 15) is 14.4 Å². The molecule has 0 aromatic heterocycles. The third-order valence-corrected chi connectivity index (χ3v) is 7.85. The molecule has 3 amide bonds. The maximum absolute atomic E-state index is 12.4. The predicted molar refractivity (Wildman–Crippen MR) is 178 cm³/mol. The summed E-state index contributed by atoms with van der Waals surface area (Å²) >= 11 is 0. The summed E-state index contributed by atoms with van der Waals surface area (Å²) in [4.78, 5) is 38.3. The normalized spacial score (nSPS) is 13.1.